The largest absolute Gasteiger partial charge is 0.296 e. The van der Waals surface area contributed by atoms with Gasteiger partial charge in [-0.15, -0.1) is 0 Å². The average Bonchev–Trinajstić information content (AvgIpc) is 2.66. The molecular weight excluding hydrogens is 345 g/mol. The molecule has 0 aliphatic carbocycles. The molecule has 0 saturated carbocycles. The summed E-state index contributed by atoms with van der Waals surface area (Å²) in [7, 11) is 0. The highest BCUT2D eigenvalue weighted by molar-refractivity contribution is 5.93. The number of benzene rings is 2. The lowest BCUT2D eigenvalue weighted by atomic mass is 10.0. The van der Waals surface area contributed by atoms with Gasteiger partial charge in [0.2, 0.25) is 0 Å². The van der Waals surface area contributed by atoms with Gasteiger partial charge in [-0.3, -0.25) is 19.8 Å². The molecule has 5 nitrogen and oxygen atoms in total. The van der Waals surface area contributed by atoms with E-state index in [-0.39, 0.29) is 5.56 Å². The van der Waals surface area contributed by atoms with E-state index in [1.165, 1.54) is 23.2 Å². The van der Waals surface area contributed by atoms with Crippen LogP contribution in [0.4, 0.5) is 4.39 Å². The maximum atomic E-state index is 14.4. The third kappa shape index (κ3) is 4.71. The van der Waals surface area contributed by atoms with Gasteiger partial charge in [-0.05, 0) is 31.5 Å². The Labute approximate surface area is 159 Å². The standard InChI is InChI=1S/C21H26FN3O2/c1-15-11-24(12-16(2)25(15)13-17-6-4-3-5-7-17)14-19-9-8-18(10-20(19)22)21(26)23-27/h3-10,15-16,27H,11-14H2,1-2H3,(H,23,26)/t15-,16+. The molecule has 3 rings (SSSR count). The Morgan fingerprint density at radius 3 is 2.37 bits per heavy atom. The SMILES string of the molecule is C[C@@H]1CN(Cc2ccc(C(=O)NO)cc2F)C[C@H](C)N1Cc1ccccc1. The van der Waals surface area contributed by atoms with E-state index >= 15 is 0 Å². The first-order chi connectivity index (χ1) is 13.0. The molecular formula is C21H26FN3O2. The Balaban J connectivity index is 1.64. The summed E-state index contributed by atoms with van der Waals surface area (Å²) in [6, 6.07) is 15.5. The van der Waals surface area contributed by atoms with Gasteiger partial charge in [0.1, 0.15) is 5.82 Å². The topological polar surface area (TPSA) is 55.8 Å². The molecule has 1 aliphatic heterocycles. The number of carbonyl (C=O) groups is 1. The molecule has 2 N–H and O–H groups in total. The summed E-state index contributed by atoms with van der Waals surface area (Å²) in [5, 5.41) is 8.66. The lowest BCUT2D eigenvalue weighted by molar-refractivity contribution is 0.0285. The van der Waals surface area contributed by atoms with Crippen LogP contribution in [0.25, 0.3) is 0 Å². The lowest BCUT2D eigenvalue weighted by Crippen LogP contribution is -2.55. The molecule has 1 saturated heterocycles. The van der Waals surface area contributed by atoms with Crippen LogP contribution >= 0.6 is 0 Å². The second kappa shape index (κ2) is 8.61. The molecule has 0 spiro atoms. The van der Waals surface area contributed by atoms with Gasteiger partial charge in [0.15, 0.2) is 0 Å². The molecule has 144 valence electrons. The number of hydrogen-bond acceptors (Lipinski definition) is 4. The second-order valence-corrected chi connectivity index (χ2v) is 7.30. The summed E-state index contributed by atoms with van der Waals surface area (Å²) in [5.74, 6) is -1.14. The van der Waals surface area contributed by atoms with Gasteiger partial charge in [0.25, 0.3) is 5.91 Å². The maximum absolute atomic E-state index is 14.4. The van der Waals surface area contributed by atoms with Crippen molar-refractivity contribution in [1.82, 2.24) is 15.3 Å². The fourth-order valence-electron chi connectivity index (χ4n) is 3.82. The van der Waals surface area contributed by atoms with Gasteiger partial charge in [-0.25, -0.2) is 9.87 Å². The molecule has 27 heavy (non-hydrogen) atoms. The minimum atomic E-state index is -0.711. The van der Waals surface area contributed by atoms with Crippen molar-refractivity contribution in [2.24, 2.45) is 0 Å². The quantitative estimate of drug-likeness (QED) is 0.627. The Hall–Kier alpha value is -2.28. The van der Waals surface area contributed by atoms with Crippen LogP contribution in [0.5, 0.6) is 0 Å². The smallest absolute Gasteiger partial charge is 0.274 e. The first-order valence-electron chi connectivity index (χ1n) is 9.23. The van der Waals surface area contributed by atoms with Gasteiger partial charge >= 0.3 is 0 Å². The molecule has 0 aromatic heterocycles. The number of piperazine rings is 1. The maximum Gasteiger partial charge on any atom is 0.274 e. The minimum Gasteiger partial charge on any atom is -0.296 e. The van der Waals surface area contributed by atoms with Gasteiger partial charge < -0.3 is 0 Å². The highest BCUT2D eigenvalue weighted by Gasteiger charge is 2.29. The number of nitrogens with one attached hydrogen (secondary N) is 1. The third-order valence-corrected chi connectivity index (χ3v) is 5.20. The molecule has 0 radical (unpaired) electrons. The Bertz CT molecular complexity index is 772. The number of hydrogen-bond donors (Lipinski definition) is 2. The van der Waals surface area contributed by atoms with E-state index in [1.54, 1.807) is 6.07 Å². The van der Waals surface area contributed by atoms with Crippen LogP contribution in [0.3, 0.4) is 0 Å². The molecule has 0 bridgehead atoms. The van der Waals surface area contributed by atoms with Crippen molar-refractivity contribution in [1.29, 1.82) is 0 Å². The van der Waals surface area contributed by atoms with Gasteiger partial charge in [0.05, 0.1) is 0 Å². The van der Waals surface area contributed by atoms with Gasteiger partial charge in [0, 0.05) is 49.4 Å². The number of rotatable bonds is 5. The van der Waals surface area contributed by atoms with Crippen LogP contribution in [0.1, 0.15) is 35.3 Å². The Morgan fingerprint density at radius 2 is 1.78 bits per heavy atom. The zero-order valence-electron chi connectivity index (χ0n) is 15.7. The van der Waals surface area contributed by atoms with Crippen molar-refractivity contribution < 1.29 is 14.4 Å². The van der Waals surface area contributed by atoms with Crippen LogP contribution in [-0.2, 0) is 13.1 Å². The second-order valence-electron chi connectivity index (χ2n) is 7.30. The van der Waals surface area contributed by atoms with Crippen molar-refractivity contribution in [2.75, 3.05) is 13.1 Å². The van der Waals surface area contributed by atoms with Crippen molar-refractivity contribution in [3.05, 3.63) is 71.0 Å². The summed E-state index contributed by atoms with van der Waals surface area (Å²) >= 11 is 0. The predicted molar refractivity (Wildman–Crippen MR) is 102 cm³/mol. The van der Waals surface area contributed by atoms with Crippen molar-refractivity contribution in [3.8, 4) is 0 Å². The zero-order valence-corrected chi connectivity index (χ0v) is 15.7. The number of hydroxylamine groups is 1. The number of carbonyl (C=O) groups excluding carboxylic acids is 1. The van der Waals surface area contributed by atoms with Crippen molar-refractivity contribution >= 4 is 5.91 Å². The van der Waals surface area contributed by atoms with Crippen LogP contribution < -0.4 is 5.48 Å². The predicted octanol–water partition coefficient (Wildman–Crippen LogP) is 3.04. The number of amides is 1. The normalized spacial score (nSPS) is 21.2. The van der Waals surface area contributed by atoms with E-state index < -0.39 is 11.7 Å². The fourth-order valence-corrected chi connectivity index (χ4v) is 3.82. The molecule has 2 atom stereocenters. The number of halogens is 1. The first kappa shape index (κ1) is 19.5. The molecule has 1 aliphatic rings. The lowest BCUT2D eigenvalue weighted by Gasteiger charge is -2.44. The Kier molecular flexibility index (Phi) is 6.21. The fraction of sp³-hybridized carbons (Fsp3) is 0.381. The van der Waals surface area contributed by atoms with E-state index in [1.807, 2.05) is 6.07 Å². The molecule has 2 aromatic carbocycles. The van der Waals surface area contributed by atoms with Crippen LogP contribution in [0.2, 0.25) is 0 Å². The van der Waals surface area contributed by atoms with Crippen molar-refractivity contribution in [3.63, 3.8) is 0 Å². The van der Waals surface area contributed by atoms with Gasteiger partial charge in [-0.2, -0.15) is 0 Å². The summed E-state index contributed by atoms with van der Waals surface area (Å²) in [6.45, 7) is 7.54. The molecule has 6 heteroatoms. The average molecular weight is 371 g/mol. The van der Waals surface area contributed by atoms with E-state index in [9.17, 15) is 9.18 Å². The van der Waals surface area contributed by atoms with E-state index in [2.05, 4.69) is 47.9 Å². The number of nitrogens with zero attached hydrogens (tertiary/aromatic N) is 2. The highest BCUT2D eigenvalue weighted by atomic mass is 19.1. The summed E-state index contributed by atoms with van der Waals surface area (Å²) in [5.41, 5.74) is 3.48. The van der Waals surface area contributed by atoms with Crippen LogP contribution in [0.15, 0.2) is 48.5 Å². The third-order valence-electron chi connectivity index (χ3n) is 5.20. The first-order valence-corrected chi connectivity index (χ1v) is 9.23. The van der Waals surface area contributed by atoms with Gasteiger partial charge in [-0.1, -0.05) is 36.4 Å². The zero-order chi connectivity index (χ0) is 19.4. The molecule has 1 amide bonds. The highest BCUT2D eigenvalue weighted by Crippen LogP contribution is 2.21. The monoisotopic (exact) mass is 371 g/mol. The van der Waals surface area contributed by atoms with E-state index in [0.717, 1.165) is 19.6 Å². The molecule has 1 heterocycles. The van der Waals surface area contributed by atoms with Crippen LogP contribution in [-0.4, -0.2) is 46.1 Å². The summed E-state index contributed by atoms with van der Waals surface area (Å²) in [6.07, 6.45) is 0. The van der Waals surface area contributed by atoms with E-state index in [0.29, 0.717) is 24.2 Å². The minimum absolute atomic E-state index is 0.105. The van der Waals surface area contributed by atoms with Crippen LogP contribution in [0, 0.1) is 5.82 Å². The molecule has 0 unspecified atom stereocenters. The Morgan fingerprint density at radius 1 is 1.11 bits per heavy atom. The molecule has 2 aromatic rings. The van der Waals surface area contributed by atoms with E-state index in [4.69, 9.17) is 5.21 Å². The van der Waals surface area contributed by atoms with Crippen molar-refractivity contribution in [2.45, 2.75) is 39.0 Å². The molecule has 1 fully saturated rings. The summed E-state index contributed by atoms with van der Waals surface area (Å²) in [4.78, 5) is 16.1. The summed E-state index contributed by atoms with van der Waals surface area (Å²) < 4.78 is 14.4.